The molecule has 4 nitrogen and oxygen atoms in total. The van der Waals surface area contributed by atoms with E-state index in [1.807, 2.05) is 19.1 Å². The molecule has 1 saturated heterocycles. The highest BCUT2D eigenvalue weighted by molar-refractivity contribution is 5.85. The first kappa shape index (κ1) is 18.7. The molecule has 1 heterocycles. The first-order valence-corrected chi connectivity index (χ1v) is 8.33. The van der Waals surface area contributed by atoms with Crippen LogP contribution in [0.15, 0.2) is 42.5 Å². The Balaban J connectivity index is 0.00000208. The Morgan fingerprint density at radius 1 is 1.25 bits per heavy atom. The minimum atomic E-state index is -0.00311. The van der Waals surface area contributed by atoms with Crippen LogP contribution in [0, 0.1) is 0 Å². The van der Waals surface area contributed by atoms with Crippen LogP contribution in [0.1, 0.15) is 31.4 Å². The van der Waals surface area contributed by atoms with Crippen molar-refractivity contribution >= 4 is 29.1 Å². The molecule has 0 saturated carbocycles. The third kappa shape index (κ3) is 4.94. The molecule has 24 heavy (non-hydrogen) atoms. The smallest absolute Gasteiger partial charge is 0.234 e. The average Bonchev–Trinajstić information content (AvgIpc) is 3.07. The van der Waals surface area contributed by atoms with Gasteiger partial charge in [-0.1, -0.05) is 36.4 Å². The summed E-state index contributed by atoms with van der Waals surface area (Å²) in [6.07, 6.45) is 2.47. The fourth-order valence-electron chi connectivity index (χ4n) is 3.00. The van der Waals surface area contributed by atoms with Crippen molar-refractivity contribution in [1.82, 2.24) is 10.6 Å². The van der Waals surface area contributed by atoms with Crippen LogP contribution in [0.3, 0.4) is 0 Å². The molecule has 0 radical (unpaired) electrons. The highest BCUT2D eigenvalue weighted by Gasteiger charge is 2.15. The first-order valence-electron chi connectivity index (χ1n) is 8.33. The first-order chi connectivity index (χ1) is 11.2. The second kappa shape index (κ2) is 9.02. The van der Waals surface area contributed by atoms with Crippen LogP contribution in [-0.2, 0) is 9.53 Å². The van der Waals surface area contributed by atoms with Crippen molar-refractivity contribution in [2.75, 3.05) is 19.7 Å². The number of rotatable bonds is 6. The quantitative estimate of drug-likeness (QED) is 0.842. The Bertz CT molecular complexity index is 671. The normalized spacial score (nSPS) is 18.1. The van der Waals surface area contributed by atoms with Gasteiger partial charge in [-0.15, -0.1) is 12.4 Å². The molecule has 5 heteroatoms. The van der Waals surface area contributed by atoms with Crippen molar-refractivity contribution < 1.29 is 9.53 Å². The minimum Gasteiger partial charge on any atom is -0.377 e. The van der Waals surface area contributed by atoms with Crippen molar-refractivity contribution in [3.63, 3.8) is 0 Å². The summed E-state index contributed by atoms with van der Waals surface area (Å²) in [5.74, 6) is 0.0173. The van der Waals surface area contributed by atoms with Gasteiger partial charge < -0.3 is 15.4 Å². The van der Waals surface area contributed by atoms with E-state index in [0.717, 1.165) is 31.6 Å². The molecule has 3 rings (SSSR count). The summed E-state index contributed by atoms with van der Waals surface area (Å²) >= 11 is 0. The monoisotopic (exact) mass is 348 g/mol. The number of carbonyl (C=O) groups is 1. The topological polar surface area (TPSA) is 50.4 Å². The van der Waals surface area contributed by atoms with Gasteiger partial charge in [0.15, 0.2) is 0 Å². The molecule has 2 atom stereocenters. The summed E-state index contributed by atoms with van der Waals surface area (Å²) in [5, 5.41) is 8.63. The molecule has 1 aliphatic rings. The van der Waals surface area contributed by atoms with Gasteiger partial charge in [0.05, 0.1) is 18.7 Å². The van der Waals surface area contributed by atoms with Gasteiger partial charge in [-0.25, -0.2) is 0 Å². The number of nitrogens with one attached hydrogen (secondary N) is 2. The molecule has 2 unspecified atom stereocenters. The number of hydrogen-bond donors (Lipinski definition) is 2. The van der Waals surface area contributed by atoms with Crippen molar-refractivity contribution in [3.8, 4) is 0 Å². The molecule has 1 fully saturated rings. The zero-order valence-corrected chi connectivity index (χ0v) is 14.8. The van der Waals surface area contributed by atoms with Crippen LogP contribution in [0.5, 0.6) is 0 Å². The summed E-state index contributed by atoms with van der Waals surface area (Å²) < 4.78 is 5.53. The van der Waals surface area contributed by atoms with Crippen LogP contribution in [-0.4, -0.2) is 31.7 Å². The van der Waals surface area contributed by atoms with Crippen LogP contribution >= 0.6 is 12.4 Å². The van der Waals surface area contributed by atoms with Gasteiger partial charge in [0, 0.05) is 13.2 Å². The second-order valence-corrected chi connectivity index (χ2v) is 6.16. The molecule has 0 spiro atoms. The van der Waals surface area contributed by atoms with Crippen LogP contribution in [0.25, 0.3) is 10.8 Å². The van der Waals surface area contributed by atoms with E-state index in [-0.39, 0.29) is 30.5 Å². The molecule has 0 bridgehead atoms. The Labute approximate surface area is 149 Å². The van der Waals surface area contributed by atoms with Crippen molar-refractivity contribution in [2.24, 2.45) is 0 Å². The highest BCUT2D eigenvalue weighted by atomic mass is 35.5. The summed E-state index contributed by atoms with van der Waals surface area (Å²) in [6, 6.07) is 14.6. The lowest BCUT2D eigenvalue weighted by Gasteiger charge is -2.16. The lowest BCUT2D eigenvalue weighted by atomic mass is 10.0. The number of fused-ring (bicyclic) bond motifs is 1. The molecule has 1 aliphatic heterocycles. The summed E-state index contributed by atoms with van der Waals surface area (Å²) in [6.45, 7) is 3.94. The number of carbonyl (C=O) groups excluding carboxylic acids is 1. The predicted octanol–water partition coefficient (Wildman–Crippen LogP) is 3.21. The molecule has 2 aromatic rings. The average molecular weight is 349 g/mol. The largest absolute Gasteiger partial charge is 0.377 e. The number of amides is 1. The predicted molar refractivity (Wildman–Crippen MR) is 99.6 cm³/mol. The van der Waals surface area contributed by atoms with E-state index in [2.05, 4.69) is 41.0 Å². The highest BCUT2D eigenvalue weighted by Crippen LogP contribution is 2.20. The van der Waals surface area contributed by atoms with E-state index in [4.69, 9.17) is 4.74 Å². The standard InChI is InChI=1S/C19H24N2O2.ClH/c1-14(16-9-8-15-5-2-3-6-17(15)11-16)21-19(22)13-20-12-18-7-4-10-23-18;/h2-3,5-6,8-9,11,14,18,20H,4,7,10,12-13H2,1H3,(H,21,22);1H. The van der Waals surface area contributed by atoms with Gasteiger partial charge in [0.25, 0.3) is 0 Å². The van der Waals surface area contributed by atoms with Gasteiger partial charge in [-0.2, -0.15) is 0 Å². The van der Waals surface area contributed by atoms with Gasteiger partial charge in [-0.05, 0) is 42.2 Å². The van der Waals surface area contributed by atoms with Crippen LogP contribution in [0.4, 0.5) is 0 Å². The van der Waals surface area contributed by atoms with Gasteiger partial charge in [0.1, 0.15) is 0 Å². The van der Waals surface area contributed by atoms with E-state index >= 15 is 0 Å². The van der Waals surface area contributed by atoms with Crippen molar-refractivity contribution in [3.05, 3.63) is 48.0 Å². The fourth-order valence-corrected chi connectivity index (χ4v) is 3.00. The van der Waals surface area contributed by atoms with Gasteiger partial charge in [0.2, 0.25) is 5.91 Å². The maximum Gasteiger partial charge on any atom is 0.234 e. The SMILES string of the molecule is CC(NC(=O)CNCC1CCCO1)c1ccc2ccccc2c1.Cl. The van der Waals surface area contributed by atoms with E-state index in [1.54, 1.807) is 0 Å². The summed E-state index contributed by atoms with van der Waals surface area (Å²) in [7, 11) is 0. The van der Waals surface area contributed by atoms with E-state index in [9.17, 15) is 4.79 Å². The second-order valence-electron chi connectivity index (χ2n) is 6.16. The third-order valence-corrected chi connectivity index (χ3v) is 4.33. The molecular weight excluding hydrogens is 324 g/mol. The van der Waals surface area contributed by atoms with Gasteiger partial charge >= 0.3 is 0 Å². The third-order valence-electron chi connectivity index (χ3n) is 4.33. The Hall–Kier alpha value is -1.62. The van der Waals surface area contributed by atoms with Crippen LogP contribution < -0.4 is 10.6 Å². The summed E-state index contributed by atoms with van der Waals surface area (Å²) in [4.78, 5) is 12.0. The zero-order valence-electron chi connectivity index (χ0n) is 14.0. The van der Waals surface area contributed by atoms with E-state index in [0.29, 0.717) is 6.54 Å². The van der Waals surface area contributed by atoms with Crippen LogP contribution in [0.2, 0.25) is 0 Å². The van der Waals surface area contributed by atoms with Crippen molar-refractivity contribution in [1.29, 1.82) is 0 Å². The number of hydrogen-bond acceptors (Lipinski definition) is 3. The van der Waals surface area contributed by atoms with Crippen molar-refractivity contribution in [2.45, 2.75) is 31.9 Å². The zero-order chi connectivity index (χ0) is 16.1. The number of ether oxygens (including phenoxy) is 1. The Kier molecular flexibility index (Phi) is 7.03. The Morgan fingerprint density at radius 2 is 2.04 bits per heavy atom. The molecule has 0 aromatic heterocycles. The molecule has 130 valence electrons. The van der Waals surface area contributed by atoms with Gasteiger partial charge in [-0.3, -0.25) is 4.79 Å². The number of halogens is 1. The maximum absolute atomic E-state index is 12.0. The van der Waals surface area contributed by atoms with E-state index in [1.165, 1.54) is 10.8 Å². The minimum absolute atomic E-state index is 0. The molecule has 1 amide bonds. The summed E-state index contributed by atoms with van der Waals surface area (Å²) in [5.41, 5.74) is 1.12. The molecule has 2 aromatic carbocycles. The molecular formula is C19H25ClN2O2. The lowest BCUT2D eigenvalue weighted by Crippen LogP contribution is -2.38. The molecule has 2 N–H and O–H groups in total. The fraction of sp³-hybridized carbons (Fsp3) is 0.421. The Morgan fingerprint density at radius 3 is 2.79 bits per heavy atom. The maximum atomic E-state index is 12.0. The lowest BCUT2D eigenvalue weighted by molar-refractivity contribution is -0.120. The molecule has 0 aliphatic carbocycles. The number of benzene rings is 2. The van der Waals surface area contributed by atoms with E-state index < -0.39 is 0 Å².